The van der Waals surface area contributed by atoms with Crippen molar-refractivity contribution in [3.05, 3.63) is 12.2 Å². The molecule has 95 heavy (non-hydrogen) atoms. The van der Waals surface area contributed by atoms with Gasteiger partial charge in [-0.2, -0.15) is 11.8 Å². The van der Waals surface area contributed by atoms with Gasteiger partial charge in [0.15, 0.2) is 0 Å². The van der Waals surface area contributed by atoms with Gasteiger partial charge < -0.3 is 70.7 Å². The fourth-order valence-electron chi connectivity index (χ4n) is 11.9. The molecule has 1 aliphatic rings. The second kappa shape index (κ2) is 40.1. The second-order valence-corrected chi connectivity index (χ2v) is 29.9. The molecule has 0 aromatic heterocycles. The molecule has 26 heteroatoms. The van der Waals surface area contributed by atoms with E-state index in [0.717, 1.165) is 22.9 Å². The minimum Gasteiger partial charge on any atom is -0.390 e. The van der Waals surface area contributed by atoms with Gasteiger partial charge in [0.1, 0.15) is 66.5 Å². The van der Waals surface area contributed by atoms with Crippen LogP contribution in [0.15, 0.2) is 12.2 Å². The summed E-state index contributed by atoms with van der Waals surface area (Å²) in [6.45, 7) is 35.2. The molecule has 6 N–H and O–H groups in total. The molecule has 1 rings (SSSR count). The van der Waals surface area contributed by atoms with Crippen LogP contribution in [0, 0.1) is 35.5 Å². The number of aliphatic hydroxyl groups excluding tert-OH is 1. The van der Waals surface area contributed by atoms with Crippen LogP contribution in [0.25, 0.3) is 0 Å². The minimum absolute atomic E-state index is 0.0178. The number of aliphatic hydroxyl groups is 2. The lowest BCUT2D eigenvalue weighted by molar-refractivity contribution is -0.157. The molecule has 25 nitrogen and oxygen atoms in total. The number of nitrogens with zero attached hydrogens (tertiary/aromatic N) is 8. The number of thioether (sulfide) groups is 1. The Morgan fingerprint density at radius 1 is 0.505 bits per heavy atom. The van der Waals surface area contributed by atoms with Crippen LogP contribution in [0.4, 0.5) is 0 Å². The zero-order chi connectivity index (χ0) is 73.6. The maximum atomic E-state index is 15.4. The summed E-state index contributed by atoms with van der Waals surface area (Å²) in [7, 11) is 9.89. The summed E-state index contributed by atoms with van der Waals surface area (Å²) in [6.07, 6.45) is 2.37. The highest BCUT2D eigenvalue weighted by Gasteiger charge is 2.47. The van der Waals surface area contributed by atoms with Gasteiger partial charge in [-0.15, -0.1) is 0 Å². The van der Waals surface area contributed by atoms with Crippen molar-refractivity contribution in [3.8, 4) is 0 Å². The molecule has 11 amide bonds. The molecule has 0 saturated carbocycles. The van der Waals surface area contributed by atoms with Gasteiger partial charge in [-0.25, -0.2) is 0 Å². The Kier molecular flexibility index (Phi) is 36.8. The van der Waals surface area contributed by atoms with E-state index in [1.165, 1.54) is 113 Å². The third kappa shape index (κ3) is 25.5. The van der Waals surface area contributed by atoms with E-state index in [-0.39, 0.29) is 62.0 Å². The lowest BCUT2D eigenvalue weighted by Gasteiger charge is -2.41. The highest BCUT2D eigenvalue weighted by molar-refractivity contribution is 7.99. The van der Waals surface area contributed by atoms with Gasteiger partial charge in [-0.05, 0) is 115 Å². The van der Waals surface area contributed by atoms with Crippen molar-refractivity contribution in [2.24, 2.45) is 35.5 Å². The van der Waals surface area contributed by atoms with Crippen molar-refractivity contribution in [3.63, 3.8) is 0 Å². The quantitative estimate of drug-likeness (QED) is 0.0663. The Hall–Kier alpha value is -5.86. The average Bonchev–Trinajstić information content (AvgIpc) is 0.810. The molecule has 13 atom stereocenters. The van der Waals surface area contributed by atoms with Crippen molar-refractivity contribution in [1.82, 2.24) is 60.5 Å². The Morgan fingerprint density at radius 3 is 1.40 bits per heavy atom. The zero-order valence-electron chi connectivity index (χ0n) is 62.7. The molecule has 0 aromatic carbocycles. The van der Waals surface area contributed by atoms with Crippen molar-refractivity contribution in [1.29, 1.82) is 0 Å². The molecule has 1 aliphatic heterocycles. The van der Waals surface area contributed by atoms with E-state index in [1.807, 2.05) is 61.5 Å². The molecule has 546 valence electrons. The lowest BCUT2D eigenvalue weighted by Crippen LogP contribution is -2.64. The van der Waals surface area contributed by atoms with Crippen LogP contribution in [-0.4, -0.2) is 273 Å². The highest BCUT2D eigenvalue weighted by atomic mass is 32.2. The van der Waals surface area contributed by atoms with E-state index in [1.54, 1.807) is 54.5 Å². The van der Waals surface area contributed by atoms with Crippen LogP contribution in [0.5, 0.6) is 0 Å². The van der Waals surface area contributed by atoms with E-state index in [9.17, 15) is 34.2 Å². The van der Waals surface area contributed by atoms with Gasteiger partial charge >= 0.3 is 0 Å². The number of allylic oxidation sites excluding steroid dienone is 2. The molecule has 0 radical (unpaired) electrons. The van der Waals surface area contributed by atoms with E-state index < -0.39 is 161 Å². The molecule has 0 unspecified atom stereocenters. The maximum Gasteiger partial charge on any atom is 0.246 e. The number of rotatable bonds is 22. The van der Waals surface area contributed by atoms with Gasteiger partial charge in [0.2, 0.25) is 65.0 Å². The molecule has 0 aromatic rings. The summed E-state index contributed by atoms with van der Waals surface area (Å²) < 4.78 is 0. The van der Waals surface area contributed by atoms with Gasteiger partial charge in [0.05, 0.1) is 11.7 Å². The first-order valence-electron chi connectivity index (χ1n) is 34.3. The fourth-order valence-corrected chi connectivity index (χ4v) is 13.0. The SMILES string of the molecule is C/C=C/C[C@@H](C)[C@@H](O)[C@H]1C(=O)N[C@@H](CC)C(=O)N(C)[C@H](CSCCN(CC)CC)C(=O)N(C)[C@@H](CC(C)(C)O)C(=O)N[C@@H](C(C)C)C(=O)N(C)[C@@H](CC(C)C)C(=O)N[C@@H](C)C(=O)N[C@H](C)C(=O)N(C)[C@@H](CC(C)C)C(=O)N(C)[C@@H](CC(C)C)C(=O)N(C)[C@@H](C(C)C)C(=O)N1C. The molecular formula is C69H126N12O13S. The molecule has 0 bridgehead atoms. The first kappa shape index (κ1) is 87.2. The summed E-state index contributed by atoms with van der Waals surface area (Å²) in [4.78, 5) is 175. The minimum atomic E-state index is -1.66. The summed E-state index contributed by atoms with van der Waals surface area (Å²) in [6, 6.07) is -14.4. The number of carbonyl (C=O) groups excluding carboxylic acids is 11. The summed E-state index contributed by atoms with van der Waals surface area (Å²) >= 11 is 1.39. The number of hydrogen-bond donors (Lipinski definition) is 6. The second-order valence-electron chi connectivity index (χ2n) is 28.8. The van der Waals surface area contributed by atoms with Crippen molar-refractivity contribution >= 4 is 76.7 Å². The van der Waals surface area contributed by atoms with E-state index in [0.29, 0.717) is 12.3 Å². The van der Waals surface area contributed by atoms with Crippen LogP contribution in [0.2, 0.25) is 0 Å². The standard InChI is InChI=1S/C69H126N12O13S/c1-27-31-32-45(15)57(82)56-61(86)72-48(28-2)63(88)78(24)53(39-95-34-33-81(29-3)30-4)66(91)77(23)52(38-69(18,19)94)60(85)73-54(43(11)12)67(92)74(20)49(35-40(5)6)59(84)70-46(16)58(83)71-47(17)62(87)75(21)50(36-41(7)8)64(89)76(22)51(37-42(9)10)65(90)79(25)55(44(13)14)68(93)80(56)26/h27,31,40-57,82,94H,28-30,32-39H2,1-26H3,(H,70,84)(H,71,83)(H,72,86)(H,73,85)/b31-27+/t45-,46+,47-,48+,49+,50+,51+,52+,53-,54+,55+,56+,57-/m1/s1. The predicted molar refractivity (Wildman–Crippen MR) is 374 cm³/mol. The molecule has 0 aliphatic carbocycles. The topological polar surface area (TPSA) is 302 Å². The van der Waals surface area contributed by atoms with Crippen LogP contribution < -0.4 is 21.3 Å². The van der Waals surface area contributed by atoms with Gasteiger partial charge in [-0.3, -0.25) is 52.7 Å². The third-order valence-corrected chi connectivity index (χ3v) is 19.1. The summed E-state index contributed by atoms with van der Waals surface area (Å²) in [5.41, 5.74) is -1.58. The van der Waals surface area contributed by atoms with Crippen LogP contribution in [0.1, 0.15) is 170 Å². The molecule has 1 saturated heterocycles. The average molecular weight is 1360 g/mol. The van der Waals surface area contributed by atoms with Crippen LogP contribution in [-0.2, 0) is 52.7 Å². The lowest BCUT2D eigenvalue weighted by atomic mass is 9.91. The van der Waals surface area contributed by atoms with Crippen molar-refractivity contribution < 1.29 is 63.0 Å². The predicted octanol–water partition coefficient (Wildman–Crippen LogP) is 3.83. The Morgan fingerprint density at radius 2 is 0.937 bits per heavy atom. The molecule has 0 spiro atoms. The van der Waals surface area contributed by atoms with Crippen molar-refractivity contribution in [2.45, 2.75) is 248 Å². The molecule has 1 heterocycles. The fraction of sp³-hybridized carbons (Fsp3) is 0.812. The van der Waals surface area contributed by atoms with Crippen LogP contribution >= 0.6 is 11.8 Å². The van der Waals surface area contributed by atoms with E-state index in [2.05, 4.69) is 26.2 Å². The number of carbonyl (C=O) groups is 11. The zero-order valence-corrected chi connectivity index (χ0v) is 63.5. The number of hydrogen-bond acceptors (Lipinski definition) is 15. The molecular weight excluding hydrogens is 1240 g/mol. The first-order chi connectivity index (χ1) is 43.9. The Labute approximate surface area is 574 Å². The molecule has 1 fully saturated rings. The van der Waals surface area contributed by atoms with Gasteiger partial charge in [0.25, 0.3) is 0 Å². The smallest absolute Gasteiger partial charge is 0.246 e. The summed E-state index contributed by atoms with van der Waals surface area (Å²) in [5.74, 6) is -9.70. The Balaban J connectivity index is 4.59. The number of nitrogens with one attached hydrogen (secondary N) is 4. The monoisotopic (exact) mass is 1360 g/mol. The van der Waals surface area contributed by atoms with Gasteiger partial charge in [0, 0.05) is 73.8 Å². The van der Waals surface area contributed by atoms with Crippen molar-refractivity contribution in [2.75, 3.05) is 80.5 Å². The first-order valence-corrected chi connectivity index (χ1v) is 35.5. The Bertz CT molecular complexity index is 2580. The van der Waals surface area contributed by atoms with Crippen LogP contribution in [0.3, 0.4) is 0 Å². The highest BCUT2D eigenvalue weighted by Crippen LogP contribution is 2.27. The third-order valence-electron chi connectivity index (χ3n) is 18.1. The number of likely N-dealkylation sites (N-methyl/N-ethyl adjacent to an activating group) is 7. The summed E-state index contributed by atoms with van der Waals surface area (Å²) in [5, 5.41) is 34.8. The van der Waals surface area contributed by atoms with E-state index >= 15 is 28.8 Å². The van der Waals surface area contributed by atoms with E-state index in [4.69, 9.17) is 0 Å². The number of amides is 11. The largest absolute Gasteiger partial charge is 0.390 e. The maximum absolute atomic E-state index is 15.4. The normalized spacial score (nSPS) is 26.3. The van der Waals surface area contributed by atoms with Gasteiger partial charge in [-0.1, -0.05) is 109 Å².